The van der Waals surface area contributed by atoms with E-state index >= 15 is 0 Å². The van der Waals surface area contributed by atoms with Gasteiger partial charge in [0.2, 0.25) is 0 Å². The van der Waals surface area contributed by atoms with Gasteiger partial charge < -0.3 is 4.90 Å². The Morgan fingerprint density at radius 1 is 1.46 bits per heavy atom. The maximum atomic E-state index is 4.39. The largest absolute Gasteiger partial charge is 0.303 e. The fraction of sp³-hybridized carbons (Fsp3) is 1.00. The third-order valence-corrected chi connectivity index (χ3v) is 3.82. The molecule has 1 heterocycles. The summed E-state index contributed by atoms with van der Waals surface area (Å²) in [6, 6.07) is 0. The van der Waals surface area contributed by atoms with E-state index in [4.69, 9.17) is 0 Å². The van der Waals surface area contributed by atoms with Gasteiger partial charge in [-0.3, -0.25) is 0 Å². The summed E-state index contributed by atoms with van der Waals surface area (Å²) in [5.41, 5.74) is 0. The Bertz CT molecular complexity index is 134. The smallest absolute Gasteiger partial charge is 0.00175 e. The molecule has 1 aliphatic heterocycles. The molecule has 2 unspecified atom stereocenters. The average molecular weight is 201 g/mol. The van der Waals surface area contributed by atoms with Crippen LogP contribution in [0.3, 0.4) is 0 Å². The molecule has 0 N–H and O–H groups in total. The molecule has 2 atom stereocenters. The van der Waals surface area contributed by atoms with Gasteiger partial charge >= 0.3 is 0 Å². The van der Waals surface area contributed by atoms with Gasteiger partial charge in [0.05, 0.1) is 0 Å². The topological polar surface area (TPSA) is 3.24 Å². The molecule has 78 valence electrons. The highest BCUT2D eigenvalue weighted by atomic mass is 32.1. The number of likely N-dealkylation sites (tertiary alicyclic amines) is 1. The Balaban J connectivity index is 2.22. The molecule has 0 aliphatic carbocycles. The summed E-state index contributed by atoms with van der Waals surface area (Å²) in [6.07, 6.45) is 4.05. The Morgan fingerprint density at radius 3 is 2.69 bits per heavy atom. The maximum Gasteiger partial charge on any atom is 0.00175 e. The fourth-order valence-electron chi connectivity index (χ4n) is 2.09. The van der Waals surface area contributed by atoms with Crippen LogP contribution in [0.2, 0.25) is 0 Å². The van der Waals surface area contributed by atoms with Crippen molar-refractivity contribution < 1.29 is 0 Å². The summed E-state index contributed by atoms with van der Waals surface area (Å²) in [5, 5.41) is 0. The number of thiol groups is 1. The molecule has 1 saturated heterocycles. The summed E-state index contributed by atoms with van der Waals surface area (Å²) >= 11 is 4.39. The van der Waals surface area contributed by atoms with Crippen molar-refractivity contribution >= 4 is 12.6 Å². The molecule has 0 amide bonds. The summed E-state index contributed by atoms with van der Waals surface area (Å²) in [5.74, 6) is 2.82. The highest BCUT2D eigenvalue weighted by Gasteiger charge is 2.22. The van der Waals surface area contributed by atoms with Crippen LogP contribution in [0.25, 0.3) is 0 Å². The molecule has 2 heteroatoms. The molecule has 1 rings (SSSR count). The van der Waals surface area contributed by atoms with Crippen molar-refractivity contribution in [2.45, 2.75) is 33.1 Å². The van der Waals surface area contributed by atoms with Crippen molar-refractivity contribution in [2.75, 3.05) is 25.4 Å². The second-order valence-corrected chi connectivity index (χ2v) is 4.64. The SMILES string of the molecule is CCC(CS)CN1CCC(CC)C1. The Kier molecular flexibility index (Phi) is 5.18. The van der Waals surface area contributed by atoms with Gasteiger partial charge in [0, 0.05) is 13.1 Å². The van der Waals surface area contributed by atoms with Crippen LogP contribution in [-0.4, -0.2) is 30.3 Å². The second kappa shape index (κ2) is 5.92. The van der Waals surface area contributed by atoms with Gasteiger partial charge in [-0.2, -0.15) is 12.6 Å². The Labute approximate surface area is 88.3 Å². The van der Waals surface area contributed by atoms with E-state index < -0.39 is 0 Å². The second-order valence-electron chi connectivity index (χ2n) is 4.28. The van der Waals surface area contributed by atoms with Crippen LogP contribution >= 0.6 is 12.6 Å². The standard InChI is InChI=1S/C11H23NS/c1-3-10-5-6-12(7-10)8-11(4-2)9-13/h10-11,13H,3-9H2,1-2H3. The number of nitrogens with zero attached hydrogens (tertiary/aromatic N) is 1. The molecule has 0 radical (unpaired) electrons. The normalized spacial score (nSPS) is 26.5. The van der Waals surface area contributed by atoms with Gasteiger partial charge in [0.15, 0.2) is 0 Å². The first-order chi connectivity index (χ1) is 6.30. The highest BCUT2D eigenvalue weighted by molar-refractivity contribution is 7.80. The molecule has 1 fully saturated rings. The molecular formula is C11H23NS. The zero-order valence-electron chi connectivity index (χ0n) is 9.00. The lowest BCUT2D eigenvalue weighted by Crippen LogP contribution is -2.28. The molecule has 1 aliphatic rings. The zero-order chi connectivity index (χ0) is 9.68. The van der Waals surface area contributed by atoms with Crippen LogP contribution in [0.5, 0.6) is 0 Å². The van der Waals surface area contributed by atoms with Crippen molar-refractivity contribution in [1.82, 2.24) is 4.90 Å². The predicted molar refractivity (Wildman–Crippen MR) is 62.5 cm³/mol. The summed E-state index contributed by atoms with van der Waals surface area (Å²) in [7, 11) is 0. The zero-order valence-corrected chi connectivity index (χ0v) is 9.89. The molecule has 0 spiro atoms. The van der Waals surface area contributed by atoms with E-state index in [9.17, 15) is 0 Å². The van der Waals surface area contributed by atoms with E-state index in [0.29, 0.717) is 0 Å². The van der Waals surface area contributed by atoms with E-state index in [1.54, 1.807) is 0 Å². The van der Waals surface area contributed by atoms with Crippen molar-refractivity contribution in [3.63, 3.8) is 0 Å². The minimum atomic E-state index is 0.805. The van der Waals surface area contributed by atoms with Crippen molar-refractivity contribution in [3.8, 4) is 0 Å². The summed E-state index contributed by atoms with van der Waals surface area (Å²) < 4.78 is 0. The highest BCUT2D eigenvalue weighted by Crippen LogP contribution is 2.20. The Morgan fingerprint density at radius 2 is 2.23 bits per heavy atom. The first-order valence-electron chi connectivity index (χ1n) is 5.63. The van der Waals surface area contributed by atoms with E-state index in [1.165, 1.54) is 38.9 Å². The molecule has 0 saturated carbocycles. The van der Waals surface area contributed by atoms with Gasteiger partial charge in [-0.15, -0.1) is 0 Å². The van der Waals surface area contributed by atoms with Crippen LogP contribution in [0.1, 0.15) is 33.1 Å². The third-order valence-electron chi connectivity index (χ3n) is 3.30. The average Bonchev–Trinajstić information content (AvgIpc) is 2.61. The lowest BCUT2D eigenvalue weighted by Gasteiger charge is -2.21. The van der Waals surface area contributed by atoms with Crippen molar-refractivity contribution in [2.24, 2.45) is 11.8 Å². The first kappa shape index (κ1) is 11.4. The van der Waals surface area contributed by atoms with Crippen LogP contribution in [0, 0.1) is 11.8 Å². The molecule has 13 heavy (non-hydrogen) atoms. The predicted octanol–water partition coefficient (Wildman–Crippen LogP) is 2.67. The molecule has 0 aromatic rings. The van der Waals surface area contributed by atoms with E-state index in [2.05, 4.69) is 31.4 Å². The van der Waals surface area contributed by atoms with Crippen molar-refractivity contribution in [3.05, 3.63) is 0 Å². The first-order valence-corrected chi connectivity index (χ1v) is 6.26. The van der Waals surface area contributed by atoms with E-state index in [1.807, 2.05) is 0 Å². The minimum Gasteiger partial charge on any atom is -0.303 e. The molecule has 0 aromatic carbocycles. The number of rotatable bonds is 5. The van der Waals surface area contributed by atoms with Gasteiger partial charge in [-0.05, 0) is 30.6 Å². The van der Waals surface area contributed by atoms with Gasteiger partial charge in [-0.25, -0.2) is 0 Å². The van der Waals surface area contributed by atoms with Crippen LogP contribution in [0.4, 0.5) is 0 Å². The molecular weight excluding hydrogens is 178 g/mol. The van der Waals surface area contributed by atoms with Gasteiger partial charge in [-0.1, -0.05) is 26.7 Å². The molecule has 1 nitrogen and oxygen atoms in total. The fourth-order valence-corrected chi connectivity index (χ4v) is 2.47. The Hall–Kier alpha value is 0.310. The number of hydrogen-bond acceptors (Lipinski definition) is 2. The van der Waals surface area contributed by atoms with Crippen molar-refractivity contribution in [1.29, 1.82) is 0 Å². The minimum absolute atomic E-state index is 0.805. The van der Waals surface area contributed by atoms with E-state index in [-0.39, 0.29) is 0 Å². The lowest BCUT2D eigenvalue weighted by atomic mass is 10.1. The van der Waals surface area contributed by atoms with Gasteiger partial charge in [0.25, 0.3) is 0 Å². The molecule has 0 aromatic heterocycles. The number of hydrogen-bond donors (Lipinski definition) is 1. The van der Waals surface area contributed by atoms with Crippen LogP contribution < -0.4 is 0 Å². The quantitative estimate of drug-likeness (QED) is 0.669. The van der Waals surface area contributed by atoms with Gasteiger partial charge in [0.1, 0.15) is 0 Å². The van der Waals surface area contributed by atoms with Crippen LogP contribution in [-0.2, 0) is 0 Å². The summed E-state index contributed by atoms with van der Waals surface area (Å²) in [4.78, 5) is 2.62. The lowest BCUT2D eigenvalue weighted by molar-refractivity contribution is 0.276. The maximum absolute atomic E-state index is 4.39. The monoisotopic (exact) mass is 201 g/mol. The third kappa shape index (κ3) is 3.51. The van der Waals surface area contributed by atoms with Crippen LogP contribution in [0.15, 0.2) is 0 Å². The van der Waals surface area contributed by atoms with E-state index in [0.717, 1.165) is 17.6 Å². The summed E-state index contributed by atoms with van der Waals surface area (Å²) in [6.45, 7) is 8.51. The molecule has 0 bridgehead atoms.